The Hall–Kier alpha value is -1.90. The number of aryl methyl sites for hydroxylation is 1. The van der Waals surface area contributed by atoms with Crippen molar-refractivity contribution in [2.75, 3.05) is 0 Å². The molecule has 2 aromatic rings. The normalized spacial score (nSPS) is 10.5. The number of hydrogen-bond acceptors (Lipinski definition) is 2. The van der Waals surface area contributed by atoms with E-state index in [2.05, 4.69) is 21.7 Å². The topological polar surface area (TPSA) is 34.9 Å². The highest BCUT2D eigenvalue weighted by molar-refractivity contribution is 5.77. The maximum Gasteiger partial charge on any atom is 0.132 e. The molecule has 1 heterocycles. The zero-order valence-electron chi connectivity index (χ0n) is 10.7. The third kappa shape index (κ3) is 3.06. The van der Waals surface area contributed by atoms with Gasteiger partial charge >= 0.3 is 0 Å². The Morgan fingerprint density at radius 2 is 2.06 bits per heavy atom. The minimum Gasteiger partial charge on any atom is -0.331 e. The summed E-state index contributed by atoms with van der Waals surface area (Å²) in [6.07, 6.45) is 5.87. The fourth-order valence-electron chi connectivity index (χ4n) is 1.97. The van der Waals surface area contributed by atoms with Crippen molar-refractivity contribution in [3.63, 3.8) is 0 Å². The molecule has 0 spiro atoms. The summed E-state index contributed by atoms with van der Waals surface area (Å²) in [5.41, 5.74) is 2.27. The van der Waals surface area contributed by atoms with E-state index in [1.165, 1.54) is 0 Å². The van der Waals surface area contributed by atoms with Crippen LogP contribution in [-0.2, 0) is 11.3 Å². The van der Waals surface area contributed by atoms with Crippen LogP contribution in [0.3, 0.4) is 0 Å². The van der Waals surface area contributed by atoms with Gasteiger partial charge in [0.1, 0.15) is 5.78 Å². The van der Waals surface area contributed by atoms with Crippen LogP contribution in [-0.4, -0.2) is 15.3 Å². The van der Waals surface area contributed by atoms with E-state index in [1.807, 2.05) is 37.6 Å². The Morgan fingerprint density at radius 1 is 1.28 bits per heavy atom. The molecule has 3 nitrogen and oxygen atoms in total. The van der Waals surface area contributed by atoms with Crippen LogP contribution in [0.1, 0.15) is 26.2 Å². The zero-order chi connectivity index (χ0) is 12.8. The summed E-state index contributed by atoms with van der Waals surface area (Å²) in [7, 11) is 0. The summed E-state index contributed by atoms with van der Waals surface area (Å²) in [6, 6.07) is 10.2. The number of rotatable bonds is 6. The van der Waals surface area contributed by atoms with Crippen molar-refractivity contribution in [2.24, 2.45) is 0 Å². The zero-order valence-corrected chi connectivity index (χ0v) is 10.7. The maximum atomic E-state index is 11.3. The summed E-state index contributed by atoms with van der Waals surface area (Å²) in [5, 5.41) is 0. The fourth-order valence-corrected chi connectivity index (χ4v) is 1.97. The van der Waals surface area contributed by atoms with Gasteiger partial charge in [-0.05, 0) is 12.0 Å². The van der Waals surface area contributed by atoms with E-state index in [1.54, 1.807) is 0 Å². The number of carbonyl (C=O) groups excluding carboxylic acids is 1. The first-order chi connectivity index (χ1) is 8.81. The first-order valence-electron chi connectivity index (χ1n) is 6.38. The summed E-state index contributed by atoms with van der Waals surface area (Å²) >= 11 is 0. The molecule has 18 heavy (non-hydrogen) atoms. The number of hydrogen-bond donors (Lipinski definition) is 0. The average Bonchev–Trinajstić information content (AvgIpc) is 2.88. The second-order valence-corrected chi connectivity index (χ2v) is 4.33. The maximum absolute atomic E-state index is 11.3. The highest BCUT2D eigenvalue weighted by Crippen LogP contribution is 2.18. The first-order valence-corrected chi connectivity index (χ1v) is 6.38. The molecule has 0 saturated carbocycles. The predicted molar refractivity (Wildman–Crippen MR) is 72.2 cm³/mol. The van der Waals surface area contributed by atoms with Crippen LogP contribution in [0.2, 0.25) is 0 Å². The van der Waals surface area contributed by atoms with Crippen LogP contribution in [0, 0.1) is 0 Å². The van der Waals surface area contributed by atoms with Crippen molar-refractivity contribution >= 4 is 5.78 Å². The van der Waals surface area contributed by atoms with Gasteiger partial charge in [0.2, 0.25) is 0 Å². The predicted octanol–water partition coefficient (Wildman–Crippen LogP) is 3.31. The second-order valence-electron chi connectivity index (χ2n) is 4.33. The lowest BCUT2D eigenvalue weighted by molar-refractivity contribution is -0.118. The Labute approximate surface area is 107 Å². The standard InChI is InChI=1S/C15H18N2O/c1-2-14(18)9-6-10-17-12-16-11-15(17)13-7-4-3-5-8-13/h3-5,7-8,11-12H,2,6,9-10H2,1H3. The van der Waals surface area contributed by atoms with E-state index in [0.29, 0.717) is 18.6 Å². The van der Waals surface area contributed by atoms with Crippen molar-refractivity contribution < 1.29 is 4.79 Å². The Balaban J connectivity index is 2.03. The van der Waals surface area contributed by atoms with Gasteiger partial charge in [0.05, 0.1) is 18.2 Å². The van der Waals surface area contributed by atoms with Gasteiger partial charge in [-0.25, -0.2) is 4.98 Å². The molecule has 0 bridgehead atoms. The molecule has 0 N–H and O–H groups in total. The molecular weight excluding hydrogens is 224 g/mol. The molecule has 0 saturated heterocycles. The summed E-state index contributed by atoms with van der Waals surface area (Å²) in [6.45, 7) is 2.75. The molecule has 3 heteroatoms. The molecule has 0 atom stereocenters. The van der Waals surface area contributed by atoms with E-state index in [0.717, 1.165) is 24.2 Å². The minimum atomic E-state index is 0.330. The van der Waals surface area contributed by atoms with Gasteiger partial charge in [-0.15, -0.1) is 0 Å². The van der Waals surface area contributed by atoms with Crippen molar-refractivity contribution in [1.82, 2.24) is 9.55 Å². The van der Waals surface area contributed by atoms with Crippen molar-refractivity contribution in [3.8, 4) is 11.3 Å². The van der Waals surface area contributed by atoms with E-state index < -0.39 is 0 Å². The molecular formula is C15H18N2O. The number of imidazole rings is 1. The molecule has 94 valence electrons. The van der Waals surface area contributed by atoms with Gasteiger partial charge in [-0.2, -0.15) is 0 Å². The van der Waals surface area contributed by atoms with Crippen molar-refractivity contribution in [3.05, 3.63) is 42.9 Å². The highest BCUT2D eigenvalue weighted by atomic mass is 16.1. The number of carbonyl (C=O) groups is 1. The van der Waals surface area contributed by atoms with Crippen LogP contribution >= 0.6 is 0 Å². The second kappa shape index (κ2) is 6.15. The Bertz CT molecular complexity index is 502. The molecule has 0 aliphatic carbocycles. The Kier molecular flexibility index (Phi) is 4.29. The van der Waals surface area contributed by atoms with Gasteiger partial charge in [-0.1, -0.05) is 37.3 Å². The van der Waals surface area contributed by atoms with E-state index in [-0.39, 0.29) is 0 Å². The number of ketones is 1. The molecule has 2 rings (SSSR count). The largest absolute Gasteiger partial charge is 0.331 e. The molecule has 0 unspecified atom stereocenters. The fraction of sp³-hybridized carbons (Fsp3) is 0.333. The summed E-state index contributed by atoms with van der Waals surface area (Å²) in [5.74, 6) is 0.330. The van der Waals surface area contributed by atoms with Crippen LogP contribution in [0.15, 0.2) is 42.9 Å². The molecule has 0 aliphatic rings. The smallest absolute Gasteiger partial charge is 0.132 e. The molecule has 0 amide bonds. The molecule has 1 aromatic heterocycles. The SMILES string of the molecule is CCC(=O)CCCn1cncc1-c1ccccc1. The molecule has 0 radical (unpaired) electrons. The molecule has 0 aliphatic heterocycles. The third-order valence-corrected chi connectivity index (χ3v) is 3.03. The van der Waals surface area contributed by atoms with Gasteiger partial charge in [0.15, 0.2) is 0 Å². The van der Waals surface area contributed by atoms with Gasteiger partial charge in [-0.3, -0.25) is 4.79 Å². The first kappa shape index (κ1) is 12.6. The van der Waals surface area contributed by atoms with Gasteiger partial charge in [0, 0.05) is 19.4 Å². The third-order valence-electron chi connectivity index (χ3n) is 3.03. The summed E-state index contributed by atoms with van der Waals surface area (Å²) in [4.78, 5) is 15.5. The number of Topliss-reactive ketones (excluding diaryl/α,β-unsaturated/α-hetero) is 1. The quantitative estimate of drug-likeness (QED) is 0.779. The lowest BCUT2D eigenvalue weighted by Gasteiger charge is -2.07. The van der Waals surface area contributed by atoms with Gasteiger partial charge in [0.25, 0.3) is 0 Å². The highest BCUT2D eigenvalue weighted by Gasteiger charge is 2.05. The number of nitrogens with zero attached hydrogens (tertiary/aromatic N) is 2. The molecule has 1 aromatic carbocycles. The van der Waals surface area contributed by atoms with E-state index in [4.69, 9.17) is 0 Å². The minimum absolute atomic E-state index is 0.330. The average molecular weight is 242 g/mol. The van der Waals surface area contributed by atoms with Crippen LogP contribution < -0.4 is 0 Å². The lowest BCUT2D eigenvalue weighted by atomic mass is 10.1. The lowest BCUT2D eigenvalue weighted by Crippen LogP contribution is -2.02. The monoisotopic (exact) mass is 242 g/mol. The van der Waals surface area contributed by atoms with Crippen molar-refractivity contribution in [2.45, 2.75) is 32.7 Å². The Morgan fingerprint density at radius 3 is 2.78 bits per heavy atom. The van der Waals surface area contributed by atoms with E-state index >= 15 is 0 Å². The summed E-state index contributed by atoms with van der Waals surface area (Å²) < 4.78 is 2.11. The number of aromatic nitrogens is 2. The van der Waals surface area contributed by atoms with Gasteiger partial charge < -0.3 is 4.57 Å². The van der Waals surface area contributed by atoms with Crippen LogP contribution in [0.5, 0.6) is 0 Å². The van der Waals surface area contributed by atoms with Crippen LogP contribution in [0.4, 0.5) is 0 Å². The molecule has 0 fully saturated rings. The van der Waals surface area contributed by atoms with Crippen LogP contribution in [0.25, 0.3) is 11.3 Å². The van der Waals surface area contributed by atoms with E-state index in [9.17, 15) is 4.79 Å². The van der Waals surface area contributed by atoms with Crippen molar-refractivity contribution in [1.29, 1.82) is 0 Å². The number of benzene rings is 1.